The zero-order valence-electron chi connectivity index (χ0n) is 11.8. The summed E-state index contributed by atoms with van der Waals surface area (Å²) >= 11 is 6.10. The third-order valence-electron chi connectivity index (χ3n) is 3.24. The molecule has 0 radical (unpaired) electrons. The van der Waals surface area contributed by atoms with E-state index in [1.54, 1.807) is 13.2 Å². The number of phenols is 1. The van der Waals surface area contributed by atoms with Crippen molar-refractivity contribution in [1.82, 2.24) is 0 Å². The van der Waals surface area contributed by atoms with Crippen LogP contribution in [0.4, 0.5) is 5.69 Å². The Kier molecular flexibility index (Phi) is 4.40. The summed E-state index contributed by atoms with van der Waals surface area (Å²) in [5.74, 6) is 0.993. The molecule has 0 bridgehead atoms. The number of aryl methyl sites for hydroxylation is 2. The summed E-state index contributed by atoms with van der Waals surface area (Å²) in [6, 6.07) is 9.42. The molecule has 0 fully saturated rings. The van der Waals surface area contributed by atoms with E-state index in [-0.39, 0.29) is 0 Å². The average molecular weight is 292 g/mol. The molecule has 106 valence electrons. The number of hydrogen-bond donors (Lipinski definition) is 2. The summed E-state index contributed by atoms with van der Waals surface area (Å²) in [6.45, 7) is 4.50. The standard InChI is InChI=1S/C16H18ClNO2/c1-10-7-15(19)11(2)6-14(10)18-9-12-4-5-16(20-3)13(17)8-12/h4-8,18-19H,9H2,1-3H3. The first-order chi connectivity index (χ1) is 9.51. The molecule has 2 rings (SSSR count). The van der Waals surface area contributed by atoms with Gasteiger partial charge in [-0.15, -0.1) is 0 Å². The van der Waals surface area contributed by atoms with Crippen molar-refractivity contribution in [2.45, 2.75) is 20.4 Å². The lowest BCUT2D eigenvalue weighted by Gasteiger charge is -2.12. The number of hydrogen-bond acceptors (Lipinski definition) is 3. The Balaban J connectivity index is 2.13. The Labute approximate surface area is 124 Å². The number of benzene rings is 2. The molecule has 0 amide bonds. The number of rotatable bonds is 4. The molecule has 0 spiro atoms. The molecule has 0 aliphatic heterocycles. The highest BCUT2D eigenvalue weighted by atomic mass is 35.5. The van der Waals surface area contributed by atoms with E-state index in [4.69, 9.17) is 16.3 Å². The minimum absolute atomic E-state index is 0.320. The molecule has 0 unspecified atom stereocenters. The Morgan fingerprint density at radius 1 is 1.15 bits per heavy atom. The van der Waals surface area contributed by atoms with Gasteiger partial charge in [0.25, 0.3) is 0 Å². The van der Waals surface area contributed by atoms with Crippen LogP contribution in [0.5, 0.6) is 11.5 Å². The third-order valence-corrected chi connectivity index (χ3v) is 3.54. The molecule has 3 nitrogen and oxygen atoms in total. The summed E-state index contributed by atoms with van der Waals surface area (Å²) in [5, 5.41) is 13.6. The number of phenolic OH excluding ortho intramolecular Hbond substituents is 1. The number of nitrogens with one attached hydrogen (secondary N) is 1. The van der Waals surface area contributed by atoms with Crippen molar-refractivity contribution in [2.75, 3.05) is 12.4 Å². The van der Waals surface area contributed by atoms with Crippen LogP contribution >= 0.6 is 11.6 Å². The quantitative estimate of drug-likeness (QED) is 0.826. The van der Waals surface area contributed by atoms with E-state index in [0.29, 0.717) is 23.1 Å². The lowest BCUT2D eigenvalue weighted by atomic mass is 10.1. The predicted molar refractivity (Wildman–Crippen MR) is 82.9 cm³/mol. The SMILES string of the molecule is COc1ccc(CNc2cc(C)c(O)cc2C)cc1Cl. The van der Waals surface area contributed by atoms with Gasteiger partial charge in [0.15, 0.2) is 0 Å². The van der Waals surface area contributed by atoms with Gasteiger partial charge in [0.1, 0.15) is 11.5 Å². The Morgan fingerprint density at radius 3 is 2.55 bits per heavy atom. The van der Waals surface area contributed by atoms with Crippen LogP contribution in [0.25, 0.3) is 0 Å². The van der Waals surface area contributed by atoms with Crippen LogP contribution in [0.1, 0.15) is 16.7 Å². The highest BCUT2D eigenvalue weighted by Gasteiger charge is 2.05. The van der Waals surface area contributed by atoms with E-state index in [1.165, 1.54) is 0 Å². The topological polar surface area (TPSA) is 41.5 Å². The fourth-order valence-corrected chi connectivity index (χ4v) is 2.29. The van der Waals surface area contributed by atoms with E-state index < -0.39 is 0 Å². The molecule has 2 N–H and O–H groups in total. The van der Waals surface area contributed by atoms with Crippen molar-refractivity contribution in [2.24, 2.45) is 0 Å². The van der Waals surface area contributed by atoms with Gasteiger partial charge in [-0.1, -0.05) is 17.7 Å². The number of methoxy groups -OCH3 is 1. The Morgan fingerprint density at radius 2 is 1.90 bits per heavy atom. The first-order valence-corrected chi connectivity index (χ1v) is 6.75. The van der Waals surface area contributed by atoms with E-state index >= 15 is 0 Å². The lowest BCUT2D eigenvalue weighted by Crippen LogP contribution is -2.01. The highest BCUT2D eigenvalue weighted by molar-refractivity contribution is 6.32. The van der Waals surface area contributed by atoms with Crippen LogP contribution in [0.2, 0.25) is 5.02 Å². The minimum atomic E-state index is 0.320. The van der Waals surface area contributed by atoms with Gasteiger partial charge in [0, 0.05) is 12.2 Å². The first kappa shape index (κ1) is 14.5. The second kappa shape index (κ2) is 6.06. The molecule has 2 aromatic rings. The van der Waals surface area contributed by atoms with Gasteiger partial charge in [-0.25, -0.2) is 0 Å². The molecular weight excluding hydrogens is 274 g/mol. The number of anilines is 1. The normalized spacial score (nSPS) is 10.4. The van der Waals surface area contributed by atoms with Gasteiger partial charge < -0.3 is 15.2 Å². The molecule has 4 heteroatoms. The Bertz CT molecular complexity index is 626. The summed E-state index contributed by atoms with van der Waals surface area (Å²) in [7, 11) is 1.60. The Hall–Kier alpha value is -1.87. The maximum absolute atomic E-state index is 9.64. The fraction of sp³-hybridized carbons (Fsp3) is 0.250. The molecule has 0 saturated heterocycles. The summed E-state index contributed by atoms with van der Waals surface area (Å²) in [5.41, 5.74) is 3.94. The molecule has 2 aromatic carbocycles. The number of ether oxygens (including phenoxy) is 1. The molecule has 0 aliphatic rings. The van der Waals surface area contributed by atoms with Crippen LogP contribution in [0.15, 0.2) is 30.3 Å². The molecule has 20 heavy (non-hydrogen) atoms. The van der Waals surface area contributed by atoms with Gasteiger partial charge in [0.2, 0.25) is 0 Å². The first-order valence-electron chi connectivity index (χ1n) is 6.37. The second-order valence-electron chi connectivity index (χ2n) is 4.78. The number of halogens is 1. The smallest absolute Gasteiger partial charge is 0.137 e. The largest absolute Gasteiger partial charge is 0.508 e. The maximum Gasteiger partial charge on any atom is 0.137 e. The molecule has 0 aromatic heterocycles. The van der Waals surface area contributed by atoms with Gasteiger partial charge in [-0.2, -0.15) is 0 Å². The second-order valence-corrected chi connectivity index (χ2v) is 5.18. The van der Waals surface area contributed by atoms with E-state index in [9.17, 15) is 5.11 Å². The van der Waals surface area contributed by atoms with Crippen LogP contribution in [-0.2, 0) is 6.54 Å². The van der Waals surface area contributed by atoms with Crippen molar-refractivity contribution in [1.29, 1.82) is 0 Å². The van der Waals surface area contributed by atoms with Crippen molar-refractivity contribution in [3.8, 4) is 11.5 Å². The van der Waals surface area contributed by atoms with Crippen LogP contribution in [-0.4, -0.2) is 12.2 Å². The third kappa shape index (κ3) is 3.17. The summed E-state index contributed by atoms with van der Waals surface area (Å²) in [4.78, 5) is 0. The molecule has 0 atom stereocenters. The summed E-state index contributed by atoms with van der Waals surface area (Å²) < 4.78 is 5.13. The molecule has 0 heterocycles. The van der Waals surface area contributed by atoms with E-state index in [0.717, 1.165) is 22.4 Å². The summed E-state index contributed by atoms with van der Waals surface area (Å²) in [6.07, 6.45) is 0. The van der Waals surface area contributed by atoms with Gasteiger partial charge in [0.05, 0.1) is 12.1 Å². The van der Waals surface area contributed by atoms with E-state index in [2.05, 4.69) is 5.32 Å². The maximum atomic E-state index is 9.64. The van der Waals surface area contributed by atoms with Gasteiger partial charge in [-0.05, 0) is 54.8 Å². The molecule has 0 aliphatic carbocycles. The molecule has 0 saturated carbocycles. The van der Waals surface area contributed by atoms with Crippen molar-refractivity contribution < 1.29 is 9.84 Å². The molecular formula is C16H18ClNO2. The van der Waals surface area contributed by atoms with Gasteiger partial charge >= 0.3 is 0 Å². The van der Waals surface area contributed by atoms with Crippen LogP contribution in [0.3, 0.4) is 0 Å². The zero-order valence-corrected chi connectivity index (χ0v) is 12.6. The predicted octanol–water partition coefficient (Wildman–Crippen LogP) is 4.28. The average Bonchev–Trinajstić information content (AvgIpc) is 2.41. The lowest BCUT2D eigenvalue weighted by molar-refractivity contribution is 0.415. The van der Waals surface area contributed by atoms with Crippen LogP contribution in [0, 0.1) is 13.8 Å². The van der Waals surface area contributed by atoms with Crippen LogP contribution < -0.4 is 10.1 Å². The number of aromatic hydroxyl groups is 1. The highest BCUT2D eigenvalue weighted by Crippen LogP contribution is 2.27. The monoisotopic (exact) mass is 291 g/mol. The minimum Gasteiger partial charge on any atom is -0.508 e. The van der Waals surface area contributed by atoms with Crippen molar-refractivity contribution in [3.05, 3.63) is 52.0 Å². The van der Waals surface area contributed by atoms with Crippen molar-refractivity contribution >= 4 is 17.3 Å². The van der Waals surface area contributed by atoms with E-state index in [1.807, 2.05) is 38.1 Å². The van der Waals surface area contributed by atoms with Crippen molar-refractivity contribution in [3.63, 3.8) is 0 Å². The zero-order chi connectivity index (χ0) is 14.7. The van der Waals surface area contributed by atoms with Gasteiger partial charge in [-0.3, -0.25) is 0 Å². The fourth-order valence-electron chi connectivity index (χ4n) is 2.01.